The maximum absolute atomic E-state index is 5.71. The first-order valence-electron chi connectivity index (χ1n) is 13.9. The van der Waals surface area contributed by atoms with E-state index in [4.69, 9.17) is 22.3 Å². The van der Waals surface area contributed by atoms with Crippen LogP contribution in [0.2, 0.25) is 0 Å². The van der Waals surface area contributed by atoms with Gasteiger partial charge in [0.15, 0.2) is 0 Å². The van der Waals surface area contributed by atoms with Crippen molar-refractivity contribution in [1.82, 2.24) is 9.13 Å². The van der Waals surface area contributed by atoms with Gasteiger partial charge in [0.1, 0.15) is 24.7 Å². The van der Waals surface area contributed by atoms with Crippen molar-refractivity contribution in [2.45, 2.75) is 0 Å². The molecular formula is C38H28N2O2. The molecule has 7 aromatic rings. The second-order valence-electron chi connectivity index (χ2n) is 10.4. The summed E-state index contributed by atoms with van der Waals surface area (Å²) in [5, 5.41) is 4.85. The van der Waals surface area contributed by atoms with Crippen molar-refractivity contribution in [2.75, 3.05) is 13.2 Å². The quantitative estimate of drug-likeness (QED) is 0.197. The zero-order valence-electron chi connectivity index (χ0n) is 23.5. The number of rotatable bonds is 6. The number of nitrogens with zero attached hydrogens (tertiary/aromatic N) is 2. The minimum absolute atomic E-state index is 0.238. The van der Waals surface area contributed by atoms with E-state index in [0.29, 0.717) is 0 Å². The van der Waals surface area contributed by atoms with E-state index in [1.165, 1.54) is 54.7 Å². The predicted molar refractivity (Wildman–Crippen MR) is 174 cm³/mol. The number of benzene rings is 5. The molecule has 0 spiro atoms. The van der Waals surface area contributed by atoms with Crippen molar-refractivity contribution in [3.05, 3.63) is 97.1 Å². The molecule has 42 heavy (non-hydrogen) atoms. The highest BCUT2D eigenvalue weighted by molar-refractivity contribution is 6.32. The van der Waals surface area contributed by atoms with Gasteiger partial charge in [0, 0.05) is 57.8 Å². The summed E-state index contributed by atoms with van der Waals surface area (Å²) in [5.74, 6) is 6.60. The Kier molecular flexibility index (Phi) is 6.11. The van der Waals surface area contributed by atoms with Gasteiger partial charge >= 0.3 is 0 Å². The molecule has 0 N–H and O–H groups in total. The SMILES string of the molecule is C#CCOc1ccc(-c2c3c4ccccc4n(C)c3c(-c3ccc(OCC#C)cc3)c3c4ccccc4n(C)c23)cc1. The molecule has 4 heteroatoms. The zero-order valence-corrected chi connectivity index (χ0v) is 23.5. The predicted octanol–water partition coefficient (Wildman–Crippen LogP) is 8.33. The molecule has 0 aliphatic carbocycles. The van der Waals surface area contributed by atoms with Crippen molar-refractivity contribution in [3.63, 3.8) is 0 Å². The van der Waals surface area contributed by atoms with E-state index < -0.39 is 0 Å². The third-order valence-corrected chi connectivity index (χ3v) is 8.12. The third kappa shape index (κ3) is 3.81. The van der Waals surface area contributed by atoms with Gasteiger partial charge in [-0.05, 0) is 47.5 Å². The molecule has 4 nitrogen and oxygen atoms in total. The van der Waals surface area contributed by atoms with Gasteiger partial charge in [0.05, 0.1) is 11.0 Å². The Hall–Kier alpha value is -5.58. The highest BCUT2D eigenvalue weighted by atomic mass is 16.5. The Morgan fingerprint density at radius 3 is 1.31 bits per heavy atom. The van der Waals surface area contributed by atoms with Gasteiger partial charge in [-0.3, -0.25) is 0 Å². The average Bonchev–Trinajstić information content (AvgIpc) is 3.50. The summed E-state index contributed by atoms with van der Waals surface area (Å²) in [6, 6.07) is 33.8. The maximum Gasteiger partial charge on any atom is 0.148 e. The van der Waals surface area contributed by atoms with Crippen LogP contribution < -0.4 is 9.47 Å². The lowest BCUT2D eigenvalue weighted by atomic mass is 9.90. The molecule has 0 saturated carbocycles. The van der Waals surface area contributed by atoms with Crippen LogP contribution in [0.25, 0.3) is 65.9 Å². The Morgan fingerprint density at radius 2 is 0.929 bits per heavy atom. The maximum atomic E-state index is 5.71. The van der Waals surface area contributed by atoms with Gasteiger partial charge in [-0.25, -0.2) is 0 Å². The molecule has 5 aromatic carbocycles. The van der Waals surface area contributed by atoms with Gasteiger partial charge < -0.3 is 18.6 Å². The first kappa shape index (κ1) is 25.4. The molecule has 0 unspecified atom stereocenters. The lowest BCUT2D eigenvalue weighted by Gasteiger charge is -2.16. The van der Waals surface area contributed by atoms with Gasteiger partial charge in [0.2, 0.25) is 0 Å². The molecule has 0 radical (unpaired) electrons. The minimum atomic E-state index is 0.238. The molecule has 0 bridgehead atoms. The molecule has 0 aliphatic heterocycles. The minimum Gasteiger partial charge on any atom is -0.481 e. The molecule has 0 fully saturated rings. The van der Waals surface area contributed by atoms with Gasteiger partial charge in [-0.2, -0.15) is 0 Å². The summed E-state index contributed by atoms with van der Waals surface area (Å²) in [7, 11) is 4.33. The average molecular weight is 545 g/mol. The first-order chi connectivity index (χ1) is 20.6. The van der Waals surface area contributed by atoms with Crippen molar-refractivity contribution in [2.24, 2.45) is 14.1 Å². The highest BCUT2D eigenvalue weighted by Crippen LogP contribution is 2.50. The van der Waals surface area contributed by atoms with Crippen molar-refractivity contribution < 1.29 is 9.47 Å². The number of fused-ring (bicyclic) bond motifs is 6. The van der Waals surface area contributed by atoms with Crippen molar-refractivity contribution in [3.8, 4) is 58.4 Å². The molecule has 202 valence electrons. The van der Waals surface area contributed by atoms with Crippen LogP contribution in [0.5, 0.6) is 11.5 Å². The first-order valence-corrected chi connectivity index (χ1v) is 13.9. The lowest BCUT2D eigenvalue weighted by Crippen LogP contribution is -1.97. The molecule has 2 aromatic heterocycles. The number of aromatic nitrogens is 2. The Morgan fingerprint density at radius 1 is 0.548 bits per heavy atom. The second-order valence-corrected chi connectivity index (χ2v) is 10.4. The van der Waals surface area contributed by atoms with Crippen LogP contribution in [0, 0.1) is 24.7 Å². The number of aryl methyl sites for hydroxylation is 2. The monoisotopic (exact) mass is 544 g/mol. The zero-order chi connectivity index (χ0) is 28.8. The molecule has 0 atom stereocenters. The van der Waals surface area contributed by atoms with E-state index in [1.54, 1.807) is 0 Å². The summed E-state index contributed by atoms with van der Waals surface area (Å²) >= 11 is 0. The van der Waals surface area contributed by atoms with Crippen LogP contribution >= 0.6 is 0 Å². The van der Waals surface area contributed by atoms with Gasteiger partial charge in [-0.15, -0.1) is 12.8 Å². The summed E-state index contributed by atoms with van der Waals surface area (Å²) in [6.07, 6.45) is 10.9. The second kappa shape index (κ2) is 10.1. The van der Waals surface area contributed by atoms with Crippen LogP contribution in [-0.4, -0.2) is 22.3 Å². The Bertz CT molecular complexity index is 2060. The topological polar surface area (TPSA) is 28.3 Å². The fraction of sp³-hybridized carbons (Fsp3) is 0.105. The molecule has 0 amide bonds. The molecule has 2 heterocycles. The smallest absolute Gasteiger partial charge is 0.148 e. The molecule has 7 rings (SSSR count). The van der Waals surface area contributed by atoms with E-state index in [0.717, 1.165) is 22.6 Å². The summed E-state index contributed by atoms with van der Waals surface area (Å²) in [4.78, 5) is 0. The molecular weight excluding hydrogens is 516 g/mol. The van der Waals surface area contributed by atoms with Gasteiger partial charge in [0.25, 0.3) is 0 Å². The summed E-state index contributed by atoms with van der Waals surface area (Å²) in [6.45, 7) is 0.475. The van der Waals surface area contributed by atoms with E-state index in [2.05, 4.69) is 108 Å². The van der Waals surface area contributed by atoms with Crippen LogP contribution in [0.3, 0.4) is 0 Å². The van der Waals surface area contributed by atoms with Crippen LogP contribution in [-0.2, 0) is 14.1 Å². The number of terminal acetylenes is 2. The lowest BCUT2D eigenvalue weighted by molar-refractivity contribution is 0.370. The Labute approximate surface area is 244 Å². The summed E-state index contributed by atoms with van der Waals surface area (Å²) < 4.78 is 16.1. The van der Waals surface area contributed by atoms with E-state index in [-0.39, 0.29) is 13.2 Å². The van der Waals surface area contributed by atoms with Gasteiger partial charge in [-0.1, -0.05) is 72.5 Å². The largest absolute Gasteiger partial charge is 0.481 e. The molecule has 0 aliphatic rings. The fourth-order valence-electron chi connectivity index (χ4n) is 6.36. The fourth-order valence-corrected chi connectivity index (χ4v) is 6.36. The summed E-state index contributed by atoms with van der Waals surface area (Å²) in [5.41, 5.74) is 9.33. The Balaban J connectivity index is 1.66. The van der Waals surface area contributed by atoms with Crippen LogP contribution in [0.15, 0.2) is 97.1 Å². The number of hydrogen-bond acceptors (Lipinski definition) is 2. The van der Waals surface area contributed by atoms with E-state index in [1.807, 2.05) is 24.3 Å². The van der Waals surface area contributed by atoms with Crippen LogP contribution in [0.1, 0.15) is 0 Å². The third-order valence-electron chi connectivity index (χ3n) is 8.12. The van der Waals surface area contributed by atoms with Crippen LogP contribution in [0.4, 0.5) is 0 Å². The normalized spacial score (nSPS) is 11.2. The number of para-hydroxylation sites is 2. The highest BCUT2D eigenvalue weighted by Gasteiger charge is 2.26. The molecule has 0 saturated heterocycles. The van der Waals surface area contributed by atoms with E-state index in [9.17, 15) is 0 Å². The van der Waals surface area contributed by atoms with E-state index >= 15 is 0 Å². The van der Waals surface area contributed by atoms with Crippen molar-refractivity contribution in [1.29, 1.82) is 0 Å². The number of hydrogen-bond donors (Lipinski definition) is 0. The number of ether oxygens (including phenoxy) is 2. The standard InChI is InChI=1S/C38H28N2O2/c1-5-23-41-27-19-15-25(16-20-27)33-35-29-11-7-9-13-31(29)40(4)38(35)34(26-17-21-28(22-18-26)42-24-6-2)36-30-12-8-10-14-32(30)39(3)37(33)36/h1-2,7-22H,23-24H2,3-4H3. The van der Waals surface area contributed by atoms with Crippen molar-refractivity contribution >= 4 is 43.6 Å².